The number of fused-ring (bicyclic) bond motifs is 1. The van der Waals surface area contributed by atoms with Crippen LogP contribution in [0.5, 0.6) is 5.75 Å². The predicted molar refractivity (Wildman–Crippen MR) is 123 cm³/mol. The van der Waals surface area contributed by atoms with Gasteiger partial charge in [0.15, 0.2) is 0 Å². The second kappa shape index (κ2) is 9.52. The van der Waals surface area contributed by atoms with E-state index in [1.165, 1.54) is 28.8 Å². The van der Waals surface area contributed by atoms with E-state index in [9.17, 15) is 18.8 Å². The average Bonchev–Trinajstić information content (AvgIpc) is 2.84. The minimum atomic E-state index is -0.609. The van der Waals surface area contributed by atoms with E-state index in [4.69, 9.17) is 4.74 Å². The van der Waals surface area contributed by atoms with Crippen LogP contribution in [0, 0.1) is 5.82 Å². The zero-order chi connectivity index (χ0) is 23.4. The van der Waals surface area contributed by atoms with Crippen LogP contribution in [-0.2, 0) is 24.4 Å². The molecule has 3 aromatic carbocycles. The van der Waals surface area contributed by atoms with Crippen molar-refractivity contribution in [2.75, 3.05) is 7.11 Å². The average molecular weight is 447 g/mol. The van der Waals surface area contributed by atoms with Crippen LogP contribution in [0.2, 0.25) is 0 Å². The lowest BCUT2D eigenvalue weighted by atomic mass is 10.2. The van der Waals surface area contributed by atoms with Crippen molar-refractivity contribution < 1.29 is 13.9 Å². The molecule has 0 fully saturated rings. The number of ether oxygens (including phenoxy) is 1. The number of halogens is 1. The molecule has 0 saturated heterocycles. The van der Waals surface area contributed by atoms with Crippen LogP contribution in [0.25, 0.3) is 10.9 Å². The zero-order valence-electron chi connectivity index (χ0n) is 18.0. The zero-order valence-corrected chi connectivity index (χ0v) is 18.0. The molecule has 0 saturated carbocycles. The Balaban J connectivity index is 1.63. The molecule has 1 aromatic heterocycles. The third kappa shape index (κ3) is 4.85. The summed E-state index contributed by atoms with van der Waals surface area (Å²) in [6.45, 7) is 0.000175. The van der Waals surface area contributed by atoms with Crippen LogP contribution in [0.1, 0.15) is 11.1 Å². The number of amides is 1. The minimum absolute atomic E-state index is 0.0315. The van der Waals surface area contributed by atoms with E-state index in [1.807, 2.05) is 12.1 Å². The molecule has 168 valence electrons. The number of hydrogen-bond acceptors (Lipinski definition) is 4. The molecule has 4 aromatic rings. The highest BCUT2D eigenvalue weighted by molar-refractivity contribution is 5.81. The largest absolute Gasteiger partial charge is 0.497 e. The maximum atomic E-state index is 13.2. The molecule has 1 amide bonds. The maximum Gasteiger partial charge on any atom is 0.332 e. The van der Waals surface area contributed by atoms with Gasteiger partial charge in [0, 0.05) is 6.54 Å². The van der Waals surface area contributed by atoms with Gasteiger partial charge in [-0.1, -0.05) is 36.4 Å². The highest BCUT2D eigenvalue weighted by Crippen LogP contribution is 2.12. The van der Waals surface area contributed by atoms with Gasteiger partial charge < -0.3 is 10.1 Å². The number of para-hydroxylation sites is 1. The third-order valence-corrected chi connectivity index (χ3v) is 5.34. The summed E-state index contributed by atoms with van der Waals surface area (Å²) in [4.78, 5) is 38.9. The van der Waals surface area contributed by atoms with E-state index in [2.05, 4.69) is 5.32 Å². The fraction of sp³-hybridized carbons (Fsp3) is 0.160. The summed E-state index contributed by atoms with van der Waals surface area (Å²) >= 11 is 0. The number of carbonyl (C=O) groups excluding carboxylic acids is 1. The maximum absolute atomic E-state index is 13.2. The minimum Gasteiger partial charge on any atom is -0.497 e. The van der Waals surface area contributed by atoms with Crippen LogP contribution in [0.3, 0.4) is 0 Å². The van der Waals surface area contributed by atoms with Crippen molar-refractivity contribution in [3.05, 3.63) is 111 Å². The molecule has 0 aliphatic rings. The van der Waals surface area contributed by atoms with Crippen LogP contribution >= 0.6 is 0 Å². The molecule has 1 heterocycles. The Kier molecular flexibility index (Phi) is 6.35. The Morgan fingerprint density at radius 3 is 2.27 bits per heavy atom. The van der Waals surface area contributed by atoms with Crippen molar-refractivity contribution in [1.82, 2.24) is 14.5 Å². The topological polar surface area (TPSA) is 82.3 Å². The van der Waals surface area contributed by atoms with Crippen molar-refractivity contribution in [3.63, 3.8) is 0 Å². The van der Waals surface area contributed by atoms with Gasteiger partial charge in [0.05, 0.1) is 24.6 Å². The van der Waals surface area contributed by atoms with Gasteiger partial charge in [-0.3, -0.25) is 18.7 Å². The highest BCUT2D eigenvalue weighted by Gasteiger charge is 2.15. The summed E-state index contributed by atoms with van der Waals surface area (Å²) in [7, 11) is 1.58. The molecule has 8 heteroatoms. The molecule has 0 radical (unpaired) electrons. The monoisotopic (exact) mass is 447 g/mol. The molecule has 1 N–H and O–H groups in total. The first-order valence-corrected chi connectivity index (χ1v) is 10.3. The van der Waals surface area contributed by atoms with E-state index >= 15 is 0 Å². The highest BCUT2D eigenvalue weighted by atomic mass is 19.1. The van der Waals surface area contributed by atoms with E-state index in [0.29, 0.717) is 22.2 Å². The quantitative estimate of drug-likeness (QED) is 0.472. The van der Waals surface area contributed by atoms with Gasteiger partial charge >= 0.3 is 5.69 Å². The second-order valence-corrected chi connectivity index (χ2v) is 7.53. The number of carbonyl (C=O) groups is 1. The van der Waals surface area contributed by atoms with Gasteiger partial charge in [0.25, 0.3) is 5.56 Å². The number of nitrogens with zero attached hydrogens (tertiary/aromatic N) is 2. The van der Waals surface area contributed by atoms with E-state index in [-0.39, 0.29) is 25.5 Å². The number of methoxy groups -OCH3 is 1. The summed E-state index contributed by atoms with van der Waals surface area (Å²) in [6, 6.07) is 19.5. The molecule has 0 spiro atoms. The fourth-order valence-electron chi connectivity index (χ4n) is 3.58. The molecular weight excluding hydrogens is 425 g/mol. The van der Waals surface area contributed by atoms with Gasteiger partial charge in [0.1, 0.15) is 18.1 Å². The molecular formula is C25H22FN3O4. The molecule has 33 heavy (non-hydrogen) atoms. The Hall–Kier alpha value is -4.20. The Bertz CT molecular complexity index is 1410. The van der Waals surface area contributed by atoms with Gasteiger partial charge in [-0.2, -0.15) is 0 Å². The van der Waals surface area contributed by atoms with Gasteiger partial charge in [-0.15, -0.1) is 0 Å². The second-order valence-electron chi connectivity index (χ2n) is 7.53. The molecule has 0 unspecified atom stereocenters. The van der Waals surface area contributed by atoms with Crippen LogP contribution in [0.4, 0.5) is 4.39 Å². The molecule has 4 rings (SSSR count). The summed E-state index contributed by atoms with van der Waals surface area (Å²) < 4.78 is 20.7. The fourth-order valence-corrected chi connectivity index (χ4v) is 3.58. The number of hydrogen-bond donors (Lipinski definition) is 1. The smallest absolute Gasteiger partial charge is 0.332 e. The molecule has 7 nitrogen and oxygen atoms in total. The predicted octanol–water partition coefficient (Wildman–Crippen LogP) is 2.68. The molecule has 0 bridgehead atoms. The SMILES string of the molecule is COc1ccc(CNC(=O)Cn2c(=O)n(Cc3ccc(F)cc3)c(=O)c3ccccc32)cc1. The van der Waals surface area contributed by atoms with Gasteiger partial charge in [-0.05, 0) is 47.5 Å². The van der Waals surface area contributed by atoms with E-state index in [1.54, 1.807) is 43.5 Å². The van der Waals surface area contributed by atoms with E-state index in [0.717, 1.165) is 10.1 Å². The number of rotatable bonds is 7. The molecule has 0 aliphatic carbocycles. The van der Waals surface area contributed by atoms with Gasteiger partial charge in [-0.25, -0.2) is 9.18 Å². The Morgan fingerprint density at radius 1 is 0.909 bits per heavy atom. The van der Waals surface area contributed by atoms with Crippen molar-refractivity contribution in [1.29, 1.82) is 0 Å². The summed E-state index contributed by atoms with van der Waals surface area (Å²) in [5, 5.41) is 3.12. The van der Waals surface area contributed by atoms with Crippen LogP contribution in [-0.4, -0.2) is 22.2 Å². The lowest BCUT2D eigenvalue weighted by Gasteiger charge is -2.14. The summed E-state index contributed by atoms with van der Waals surface area (Å²) in [5.41, 5.74) is 0.781. The first kappa shape index (κ1) is 22.0. The molecule has 0 atom stereocenters. The third-order valence-electron chi connectivity index (χ3n) is 5.34. The van der Waals surface area contributed by atoms with E-state index < -0.39 is 17.1 Å². The van der Waals surface area contributed by atoms with Crippen molar-refractivity contribution in [2.24, 2.45) is 0 Å². The van der Waals surface area contributed by atoms with Crippen molar-refractivity contribution >= 4 is 16.8 Å². The normalized spacial score (nSPS) is 10.8. The molecule has 0 aliphatic heterocycles. The standard InChI is InChI=1S/C25H22FN3O4/c1-33-20-12-8-17(9-13-20)14-27-23(30)16-28-22-5-3-2-4-21(22)24(31)29(25(28)32)15-18-6-10-19(26)11-7-18/h2-13H,14-16H2,1H3,(H,27,30). The first-order chi connectivity index (χ1) is 16.0. The summed E-state index contributed by atoms with van der Waals surface area (Å²) in [5.74, 6) is -0.0629. The van der Waals surface area contributed by atoms with Crippen LogP contribution < -0.4 is 21.3 Å². The Labute approximate surface area is 188 Å². The lowest BCUT2D eigenvalue weighted by Crippen LogP contribution is -2.42. The van der Waals surface area contributed by atoms with Crippen molar-refractivity contribution in [2.45, 2.75) is 19.6 Å². The van der Waals surface area contributed by atoms with Crippen molar-refractivity contribution in [3.8, 4) is 5.75 Å². The number of nitrogens with one attached hydrogen (secondary N) is 1. The number of benzene rings is 3. The first-order valence-electron chi connectivity index (χ1n) is 10.3. The lowest BCUT2D eigenvalue weighted by molar-refractivity contribution is -0.121. The summed E-state index contributed by atoms with van der Waals surface area (Å²) in [6.07, 6.45) is 0. The number of aromatic nitrogens is 2. The van der Waals surface area contributed by atoms with Crippen LogP contribution in [0.15, 0.2) is 82.4 Å². The van der Waals surface area contributed by atoms with Gasteiger partial charge in [0.2, 0.25) is 5.91 Å². The Morgan fingerprint density at radius 2 is 1.58 bits per heavy atom.